The van der Waals surface area contributed by atoms with E-state index in [4.69, 9.17) is 0 Å². The van der Waals surface area contributed by atoms with Gasteiger partial charge in [0, 0.05) is 11.8 Å². The Morgan fingerprint density at radius 3 is 2.65 bits per heavy atom. The summed E-state index contributed by atoms with van der Waals surface area (Å²) in [4.78, 5) is 15.6. The number of hydrogen-bond acceptors (Lipinski definition) is 4. The second kappa shape index (κ2) is 5.97. The van der Waals surface area contributed by atoms with Gasteiger partial charge in [0.25, 0.3) is 0 Å². The number of Topliss-reactive ketones (excluding diaryl/α,β-unsaturated/α-hetero) is 1. The Hall–Kier alpha value is -2.69. The molecule has 0 aromatic heterocycles. The average Bonchev–Trinajstić information content (AvgIpc) is 2.44. The van der Waals surface area contributed by atoms with Crippen LogP contribution in [0.25, 0.3) is 0 Å². The molecule has 4 nitrogen and oxygen atoms in total. The zero-order valence-electron chi connectivity index (χ0n) is 10.5. The first kappa shape index (κ1) is 13.7. The monoisotopic (exact) mass is 273 g/mol. The highest BCUT2D eigenvalue weighted by molar-refractivity contribution is 6.01. The molecule has 0 aliphatic heterocycles. The molecule has 0 bridgehead atoms. The predicted octanol–water partition coefficient (Wildman–Crippen LogP) is 2.54. The number of carbonyl (C=O) groups excluding carboxylic acids is 1. The Balaban J connectivity index is 2.09. The Bertz CT molecular complexity index is 668. The molecule has 20 heavy (non-hydrogen) atoms. The van der Waals surface area contributed by atoms with Gasteiger partial charge in [0.2, 0.25) is 0 Å². The molecule has 102 valence electrons. The summed E-state index contributed by atoms with van der Waals surface area (Å²) in [7, 11) is 0. The van der Waals surface area contributed by atoms with Gasteiger partial charge in [-0.1, -0.05) is 18.2 Å². The third-order valence-electron chi connectivity index (χ3n) is 2.69. The maximum atomic E-state index is 13.1. The Kier molecular flexibility index (Phi) is 4.10. The zero-order chi connectivity index (χ0) is 14.5. The van der Waals surface area contributed by atoms with Crippen LogP contribution in [0, 0.1) is 5.82 Å². The van der Waals surface area contributed by atoms with E-state index >= 15 is 0 Å². The van der Waals surface area contributed by atoms with Gasteiger partial charge in [-0.05, 0) is 24.3 Å². The minimum atomic E-state index is -0.749. The van der Waals surface area contributed by atoms with Crippen molar-refractivity contribution in [3.63, 3.8) is 0 Å². The lowest BCUT2D eigenvalue weighted by Gasteiger charge is -2.01. The second-order valence-corrected chi connectivity index (χ2v) is 4.09. The molecule has 2 aromatic rings. The summed E-state index contributed by atoms with van der Waals surface area (Å²) >= 11 is 0. The first-order valence-corrected chi connectivity index (χ1v) is 5.88. The second-order valence-electron chi connectivity index (χ2n) is 4.09. The highest BCUT2D eigenvalue weighted by atomic mass is 19.1. The van der Waals surface area contributed by atoms with Crippen LogP contribution in [0.4, 0.5) is 4.39 Å². The van der Waals surface area contributed by atoms with Gasteiger partial charge in [0.1, 0.15) is 12.3 Å². The van der Waals surface area contributed by atoms with Crippen LogP contribution in [0.3, 0.4) is 0 Å². The van der Waals surface area contributed by atoms with Crippen molar-refractivity contribution in [3.05, 3.63) is 59.4 Å². The molecule has 0 atom stereocenters. The highest BCUT2D eigenvalue weighted by Gasteiger charge is 2.09. The van der Waals surface area contributed by atoms with Crippen LogP contribution in [0.1, 0.15) is 15.9 Å². The smallest absolute Gasteiger partial charge is 0.187 e. The summed E-state index contributed by atoms with van der Waals surface area (Å²) < 4.78 is 13.1. The molecule has 0 unspecified atom stereocenters. The average molecular weight is 273 g/mol. The van der Waals surface area contributed by atoms with Crippen molar-refractivity contribution in [2.75, 3.05) is 6.54 Å². The van der Waals surface area contributed by atoms with Gasteiger partial charge < -0.3 is 10.2 Å². The van der Waals surface area contributed by atoms with Crippen molar-refractivity contribution in [2.45, 2.75) is 0 Å². The van der Waals surface area contributed by atoms with E-state index in [-0.39, 0.29) is 29.2 Å². The number of benzene rings is 2. The van der Waals surface area contributed by atoms with Crippen molar-refractivity contribution in [1.29, 1.82) is 0 Å². The summed E-state index contributed by atoms with van der Waals surface area (Å²) in [5, 5.41) is 18.9. The first-order chi connectivity index (χ1) is 9.59. The lowest BCUT2D eigenvalue weighted by Crippen LogP contribution is -2.04. The fourth-order valence-corrected chi connectivity index (χ4v) is 1.66. The number of nitrogens with zero attached hydrogens (tertiary/aromatic N) is 1. The molecule has 0 amide bonds. The summed E-state index contributed by atoms with van der Waals surface area (Å²) in [5.74, 6) is -1.73. The largest absolute Gasteiger partial charge is 0.507 e. The van der Waals surface area contributed by atoms with E-state index in [1.54, 1.807) is 12.1 Å². The Labute approximate surface area is 114 Å². The molecular formula is C15H12FNO3. The third-order valence-corrected chi connectivity index (χ3v) is 2.69. The normalized spacial score (nSPS) is 10.8. The number of halogens is 1. The lowest BCUT2D eigenvalue weighted by atomic mass is 10.1. The molecule has 0 saturated carbocycles. The molecule has 0 saturated heterocycles. The minimum absolute atomic E-state index is 0.110. The van der Waals surface area contributed by atoms with Crippen molar-refractivity contribution in [3.8, 4) is 11.5 Å². The summed E-state index contributed by atoms with van der Waals surface area (Å²) in [6.45, 7) is -0.201. The minimum Gasteiger partial charge on any atom is -0.507 e. The summed E-state index contributed by atoms with van der Waals surface area (Å²) in [6, 6.07) is 10.2. The maximum Gasteiger partial charge on any atom is 0.187 e. The van der Waals surface area contributed by atoms with E-state index in [1.165, 1.54) is 30.5 Å². The van der Waals surface area contributed by atoms with Crippen LogP contribution in [-0.2, 0) is 0 Å². The molecular weight excluding hydrogens is 261 g/mol. The van der Waals surface area contributed by atoms with Gasteiger partial charge in [0.15, 0.2) is 17.3 Å². The van der Waals surface area contributed by atoms with Gasteiger partial charge in [-0.2, -0.15) is 0 Å². The standard InChI is InChI=1S/C15H12FNO3/c16-12-6-3-4-10(15(12)20)8-17-9-14(19)11-5-1-2-7-13(11)18/h1-8,18,20H,9H2. The molecule has 2 rings (SSSR count). The third kappa shape index (κ3) is 3.00. The first-order valence-electron chi connectivity index (χ1n) is 5.88. The van der Waals surface area contributed by atoms with Crippen LogP contribution < -0.4 is 0 Å². The maximum absolute atomic E-state index is 13.1. The Morgan fingerprint density at radius 2 is 1.90 bits per heavy atom. The van der Waals surface area contributed by atoms with Crippen LogP contribution in [-0.4, -0.2) is 28.8 Å². The molecule has 0 spiro atoms. The zero-order valence-corrected chi connectivity index (χ0v) is 10.5. The van der Waals surface area contributed by atoms with Crippen molar-refractivity contribution in [1.82, 2.24) is 0 Å². The number of rotatable bonds is 4. The van der Waals surface area contributed by atoms with Gasteiger partial charge in [-0.25, -0.2) is 4.39 Å². The predicted molar refractivity (Wildman–Crippen MR) is 73.0 cm³/mol. The van der Waals surface area contributed by atoms with Crippen molar-refractivity contribution < 1.29 is 19.4 Å². The molecule has 0 aliphatic carbocycles. The lowest BCUT2D eigenvalue weighted by molar-refractivity contribution is 0.0999. The van der Waals surface area contributed by atoms with E-state index < -0.39 is 11.6 Å². The van der Waals surface area contributed by atoms with Gasteiger partial charge >= 0.3 is 0 Å². The van der Waals surface area contributed by atoms with Crippen LogP contribution >= 0.6 is 0 Å². The number of phenolic OH excluding ortho intramolecular Hbond substituents is 2. The number of para-hydroxylation sites is 2. The number of phenols is 2. The molecule has 0 heterocycles. The fourth-order valence-electron chi connectivity index (χ4n) is 1.66. The topological polar surface area (TPSA) is 69.9 Å². The molecule has 0 aliphatic rings. The van der Waals surface area contributed by atoms with E-state index in [9.17, 15) is 19.4 Å². The summed E-state index contributed by atoms with van der Waals surface area (Å²) in [6.07, 6.45) is 1.22. The molecule has 0 radical (unpaired) electrons. The van der Waals surface area contributed by atoms with Crippen LogP contribution in [0.2, 0.25) is 0 Å². The van der Waals surface area contributed by atoms with E-state index in [0.29, 0.717) is 0 Å². The van der Waals surface area contributed by atoms with Crippen LogP contribution in [0.5, 0.6) is 11.5 Å². The molecule has 2 N–H and O–H groups in total. The van der Waals surface area contributed by atoms with Gasteiger partial charge in [-0.3, -0.25) is 9.79 Å². The van der Waals surface area contributed by atoms with Crippen LogP contribution in [0.15, 0.2) is 47.5 Å². The Morgan fingerprint density at radius 1 is 1.15 bits per heavy atom. The molecule has 0 fully saturated rings. The van der Waals surface area contributed by atoms with E-state index in [2.05, 4.69) is 4.99 Å². The number of hydrogen-bond donors (Lipinski definition) is 2. The van der Waals surface area contributed by atoms with Crippen molar-refractivity contribution >= 4 is 12.0 Å². The molecule has 5 heteroatoms. The highest BCUT2D eigenvalue weighted by Crippen LogP contribution is 2.19. The van der Waals surface area contributed by atoms with E-state index in [1.807, 2.05) is 0 Å². The SMILES string of the molecule is O=C(CN=Cc1cccc(F)c1O)c1ccccc1O. The van der Waals surface area contributed by atoms with Gasteiger partial charge in [0.05, 0.1) is 5.56 Å². The number of aliphatic imine (C=N–C) groups is 1. The number of aromatic hydroxyl groups is 2. The quantitative estimate of drug-likeness (QED) is 0.664. The number of carbonyl (C=O) groups is 1. The summed E-state index contributed by atoms with van der Waals surface area (Å²) in [5.41, 5.74) is 0.364. The molecule has 2 aromatic carbocycles. The fraction of sp³-hybridized carbons (Fsp3) is 0.0667. The van der Waals surface area contributed by atoms with E-state index in [0.717, 1.165) is 6.07 Å². The van der Waals surface area contributed by atoms with Crippen molar-refractivity contribution in [2.24, 2.45) is 4.99 Å². The van der Waals surface area contributed by atoms with Gasteiger partial charge in [-0.15, -0.1) is 0 Å². The number of ketones is 1.